The third-order valence-electron chi connectivity index (χ3n) is 3.20. The molecule has 0 aliphatic carbocycles. The van der Waals surface area contributed by atoms with E-state index in [0.29, 0.717) is 18.1 Å². The molecule has 2 aromatic carbocycles. The van der Waals surface area contributed by atoms with Crippen LogP contribution in [0.25, 0.3) is 0 Å². The van der Waals surface area contributed by atoms with Gasteiger partial charge in [0.1, 0.15) is 11.4 Å². The number of hydrogen-bond acceptors (Lipinski definition) is 2. The van der Waals surface area contributed by atoms with Crippen molar-refractivity contribution in [3.05, 3.63) is 71.8 Å². The fraction of sp³-hybridized carbons (Fsp3) is 0.176. The molecule has 0 aromatic heterocycles. The molecule has 2 aromatic rings. The number of hydrogen-bond donors (Lipinski definition) is 0. The van der Waals surface area contributed by atoms with Crippen LogP contribution in [0.1, 0.15) is 18.1 Å². The smallest absolute Gasteiger partial charge is 0.189 e. The molecule has 0 unspecified atom stereocenters. The van der Waals surface area contributed by atoms with Gasteiger partial charge in [0, 0.05) is 11.1 Å². The predicted molar refractivity (Wildman–Crippen MR) is 82.6 cm³/mol. The number of nitrogens with zero attached hydrogens (tertiary/aromatic N) is 2. The molecule has 0 aliphatic heterocycles. The summed E-state index contributed by atoms with van der Waals surface area (Å²) < 4.78 is 63.6. The summed E-state index contributed by atoms with van der Waals surface area (Å²) in [5, 5.41) is 6.82. The van der Waals surface area contributed by atoms with Crippen LogP contribution < -0.4 is 0 Å². The number of alkyl halides is 5. The summed E-state index contributed by atoms with van der Waals surface area (Å²) in [5.74, 6) is -5.03. The molecule has 7 heteroatoms. The maximum atomic E-state index is 13.3. The van der Waals surface area contributed by atoms with Crippen molar-refractivity contribution < 1.29 is 22.0 Å². The standard InChI is InChI=1S/C17H13F5N2/c1-12(16(18,19)17(20,21)22)23-24-15(13-8-4-2-5-9-13)14-10-6-3-7-11-14/h2-11H,1H3/b23-12+. The van der Waals surface area contributed by atoms with Crippen molar-refractivity contribution in [2.75, 3.05) is 0 Å². The predicted octanol–water partition coefficient (Wildman–Crippen LogP) is 5.10. The van der Waals surface area contributed by atoms with E-state index in [-0.39, 0.29) is 5.71 Å². The van der Waals surface area contributed by atoms with Crippen molar-refractivity contribution in [3.63, 3.8) is 0 Å². The molecule has 24 heavy (non-hydrogen) atoms. The second-order valence-corrected chi connectivity index (χ2v) is 4.94. The monoisotopic (exact) mass is 340 g/mol. The summed E-state index contributed by atoms with van der Waals surface area (Å²) in [7, 11) is 0. The number of benzene rings is 2. The summed E-state index contributed by atoms with van der Waals surface area (Å²) in [6.45, 7) is 0.602. The van der Waals surface area contributed by atoms with E-state index in [4.69, 9.17) is 0 Å². The van der Waals surface area contributed by atoms with Crippen LogP contribution in [0.3, 0.4) is 0 Å². The first-order valence-electron chi connectivity index (χ1n) is 6.91. The molecule has 0 heterocycles. The highest BCUT2D eigenvalue weighted by Gasteiger charge is 2.60. The molecule has 0 saturated carbocycles. The summed E-state index contributed by atoms with van der Waals surface area (Å²) in [6.07, 6.45) is -5.71. The Kier molecular flexibility index (Phi) is 5.11. The van der Waals surface area contributed by atoms with Crippen molar-refractivity contribution in [1.82, 2.24) is 0 Å². The normalized spacial score (nSPS) is 12.8. The van der Waals surface area contributed by atoms with Gasteiger partial charge in [0.2, 0.25) is 0 Å². The number of halogens is 5. The van der Waals surface area contributed by atoms with Gasteiger partial charge in [-0.15, -0.1) is 5.10 Å². The van der Waals surface area contributed by atoms with Gasteiger partial charge in [-0.2, -0.15) is 27.1 Å². The highest BCUT2D eigenvalue weighted by atomic mass is 19.4. The molecule has 0 fully saturated rings. The Morgan fingerprint density at radius 1 is 0.708 bits per heavy atom. The lowest BCUT2D eigenvalue weighted by molar-refractivity contribution is -0.249. The van der Waals surface area contributed by atoms with Crippen LogP contribution in [0.2, 0.25) is 0 Å². The lowest BCUT2D eigenvalue weighted by Crippen LogP contribution is -2.42. The molecule has 0 atom stereocenters. The van der Waals surface area contributed by atoms with Crippen LogP contribution in [0, 0.1) is 0 Å². The fourth-order valence-corrected chi connectivity index (χ4v) is 1.87. The average Bonchev–Trinajstić information content (AvgIpc) is 2.55. The topological polar surface area (TPSA) is 24.7 Å². The Labute approximate surface area is 135 Å². The Balaban J connectivity index is 2.49. The maximum Gasteiger partial charge on any atom is 0.459 e. The van der Waals surface area contributed by atoms with E-state index < -0.39 is 17.8 Å². The zero-order chi connectivity index (χ0) is 17.8. The molecule has 126 valence electrons. The van der Waals surface area contributed by atoms with Crippen molar-refractivity contribution in [1.29, 1.82) is 0 Å². The minimum absolute atomic E-state index is 0.202. The van der Waals surface area contributed by atoms with Gasteiger partial charge >= 0.3 is 12.1 Å². The third kappa shape index (κ3) is 3.84. The average molecular weight is 340 g/mol. The summed E-state index contributed by atoms with van der Waals surface area (Å²) >= 11 is 0. The quantitative estimate of drug-likeness (QED) is 0.420. The van der Waals surface area contributed by atoms with Gasteiger partial charge in [-0.05, 0) is 6.92 Å². The minimum Gasteiger partial charge on any atom is -0.189 e. The summed E-state index contributed by atoms with van der Waals surface area (Å²) in [5.41, 5.74) is -0.112. The van der Waals surface area contributed by atoms with Gasteiger partial charge in [0.05, 0.1) is 0 Å². The second kappa shape index (κ2) is 6.90. The number of rotatable bonds is 4. The van der Waals surface area contributed by atoms with E-state index in [1.165, 1.54) is 0 Å². The van der Waals surface area contributed by atoms with Crippen molar-refractivity contribution in [3.8, 4) is 0 Å². The molecule has 0 amide bonds. The van der Waals surface area contributed by atoms with Gasteiger partial charge in [-0.25, -0.2) is 0 Å². The second-order valence-electron chi connectivity index (χ2n) is 4.94. The Morgan fingerprint density at radius 2 is 1.12 bits per heavy atom. The summed E-state index contributed by atoms with van der Waals surface area (Å²) in [4.78, 5) is 0. The molecule has 0 bridgehead atoms. The Hall–Kier alpha value is -2.57. The largest absolute Gasteiger partial charge is 0.459 e. The van der Waals surface area contributed by atoms with Gasteiger partial charge in [0.15, 0.2) is 0 Å². The molecule has 2 rings (SSSR count). The Bertz CT molecular complexity index is 693. The molecule has 0 spiro atoms. The van der Waals surface area contributed by atoms with Crippen LogP contribution in [-0.4, -0.2) is 23.5 Å². The highest BCUT2D eigenvalue weighted by Crippen LogP contribution is 2.36. The van der Waals surface area contributed by atoms with Crippen molar-refractivity contribution in [2.45, 2.75) is 19.0 Å². The van der Waals surface area contributed by atoms with Crippen LogP contribution in [0.4, 0.5) is 22.0 Å². The van der Waals surface area contributed by atoms with E-state index in [2.05, 4.69) is 10.2 Å². The lowest BCUT2D eigenvalue weighted by atomic mass is 10.0. The first-order valence-corrected chi connectivity index (χ1v) is 6.91. The molecule has 0 saturated heterocycles. The van der Waals surface area contributed by atoms with E-state index >= 15 is 0 Å². The first kappa shape index (κ1) is 17.8. The molecular weight excluding hydrogens is 327 g/mol. The van der Waals surface area contributed by atoms with E-state index in [9.17, 15) is 22.0 Å². The van der Waals surface area contributed by atoms with Crippen molar-refractivity contribution >= 4 is 11.4 Å². The highest BCUT2D eigenvalue weighted by molar-refractivity contribution is 6.13. The van der Waals surface area contributed by atoms with Crippen LogP contribution in [0.5, 0.6) is 0 Å². The minimum atomic E-state index is -5.71. The van der Waals surface area contributed by atoms with E-state index in [1.54, 1.807) is 60.7 Å². The molecule has 0 radical (unpaired) electrons. The molecular formula is C17H13F5N2. The van der Waals surface area contributed by atoms with E-state index in [1.807, 2.05) is 0 Å². The van der Waals surface area contributed by atoms with Gasteiger partial charge in [-0.1, -0.05) is 60.7 Å². The lowest BCUT2D eigenvalue weighted by Gasteiger charge is -2.18. The SMILES string of the molecule is C/C(=N\N=C(c1ccccc1)c1ccccc1)C(F)(F)C(F)(F)F. The maximum absolute atomic E-state index is 13.3. The fourth-order valence-electron chi connectivity index (χ4n) is 1.87. The van der Waals surface area contributed by atoms with Gasteiger partial charge in [-0.3, -0.25) is 0 Å². The zero-order valence-electron chi connectivity index (χ0n) is 12.6. The molecule has 0 N–H and O–H groups in total. The molecule has 0 aliphatic rings. The van der Waals surface area contributed by atoms with Gasteiger partial charge < -0.3 is 0 Å². The Morgan fingerprint density at radius 3 is 1.50 bits per heavy atom. The van der Waals surface area contributed by atoms with Crippen LogP contribution >= 0.6 is 0 Å². The zero-order valence-corrected chi connectivity index (χ0v) is 12.6. The van der Waals surface area contributed by atoms with E-state index in [0.717, 1.165) is 0 Å². The third-order valence-corrected chi connectivity index (χ3v) is 3.20. The summed E-state index contributed by atoms with van der Waals surface area (Å²) in [6, 6.07) is 17.0. The van der Waals surface area contributed by atoms with Crippen LogP contribution in [0.15, 0.2) is 70.9 Å². The first-order chi connectivity index (χ1) is 11.2. The molecule has 2 nitrogen and oxygen atoms in total. The van der Waals surface area contributed by atoms with Gasteiger partial charge in [0.25, 0.3) is 0 Å². The van der Waals surface area contributed by atoms with Crippen molar-refractivity contribution in [2.24, 2.45) is 10.2 Å². The van der Waals surface area contributed by atoms with Crippen LogP contribution in [-0.2, 0) is 0 Å².